The Kier molecular flexibility index (Phi) is 6.81. The quantitative estimate of drug-likeness (QED) is 0.265. The van der Waals surface area contributed by atoms with Crippen LogP contribution in [0.1, 0.15) is 11.3 Å². The monoisotopic (exact) mass is 492 g/mol. The summed E-state index contributed by atoms with van der Waals surface area (Å²) < 4.78 is 106. The number of para-hydroxylation sites is 1. The number of hydrogen-bond acceptors (Lipinski definition) is 6. The molecular formula is C20H14F6N2O4S. The maximum Gasteiger partial charge on any atom is 0.534 e. The number of hydrogen-bond donors (Lipinski definition) is 0. The van der Waals surface area contributed by atoms with Crippen LogP contribution in [0.5, 0.6) is 11.6 Å². The van der Waals surface area contributed by atoms with E-state index in [0.717, 1.165) is 6.07 Å². The van der Waals surface area contributed by atoms with Crippen molar-refractivity contribution in [2.75, 3.05) is 6.61 Å². The van der Waals surface area contributed by atoms with Crippen LogP contribution < -0.4 is 8.92 Å². The van der Waals surface area contributed by atoms with Gasteiger partial charge in [-0.2, -0.15) is 34.8 Å². The number of alkyl halides is 6. The van der Waals surface area contributed by atoms with E-state index in [1.54, 1.807) is 18.2 Å². The van der Waals surface area contributed by atoms with E-state index in [4.69, 9.17) is 0 Å². The van der Waals surface area contributed by atoms with Crippen LogP contribution in [0.25, 0.3) is 11.3 Å². The summed E-state index contributed by atoms with van der Waals surface area (Å²) in [5, 5.41) is 0. The molecule has 0 fully saturated rings. The van der Waals surface area contributed by atoms with Gasteiger partial charge in [0, 0.05) is 35.5 Å². The summed E-state index contributed by atoms with van der Waals surface area (Å²) in [6, 6.07) is 12.7. The van der Waals surface area contributed by atoms with Crippen molar-refractivity contribution in [3.05, 3.63) is 72.1 Å². The topological polar surface area (TPSA) is 78.4 Å². The van der Waals surface area contributed by atoms with Crippen molar-refractivity contribution < 1.29 is 43.7 Å². The van der Waals surface area contributed by atoms with Crippen LogP contribution in [-0.4, -0.2) is 36.7 Å². The van der Waals surface area contributed by atoms with E-state index in [1.807, 2.05) is 0 Å². The van der Waals surface area contributed by atoms with Crippen LogP contribution in [0.15, 0.2) is 60.8 Å². The second-order valence-electron chi connectivity index (χ2n) is 6.57. The molecule has 33 heavy (non-hydrogen) atoms. The number of aromatic nitrogens is 2. The summed E-state index contributed by atoms with van der Waals surface area (Å²) in [4.78, 5) is 8.15. The number of halogens is 6. The van der Waals surface area contributed by atoms with E-state index in [0.29, 0.717) is 17.0 Å². The third-order valence-electron chi connectivity index (χ3n) is 4.05. The largest absolute Gasteiger partial charge is 0.534 e. The second kappa shape index (κ2) is 9.25. The Hall–Kier alpha value is -3.35. The fourth-order valence-corrected chi connectivity index (χ4v) is 3.10. The highest BCUT2D eigenvalue weighted by atomic mass is 32.2. The fraction of sp³-hybridized carbons (Fsp3) is 0.200. The molecule has 0 spiro atoms. The second-order valence-corrected chi connectivity index (χ2v) is 8.11. The smallest absolute Gasteiger partial charge is 0.468 e. The van der Waals surface area contributed by atoms with Crippen LogP contribution in [0.2, 0.25) is 0 Å². The van der Waals surface area contributed by atoms with Gasteiger partial charge in [-0.05, 0) is 24.3 Å². The molecule has 0 aliphatic carbocycles. The van der Waals surface area contributed by atoms with Crippen molar-refractivity contribution in [1.82, 2.24) is 9.97 Å². The van der Waals surface area contributed by atoms with Gasteiger partial charge in [-0.25, -0.2) is 4.98 Å². The molecule has 0 amide bonds. The molecule has 0 unspecified atom stereocenters. The average Bonchev–Trinajstić information content (AvgIpc) is 2.73. The Morgan fingerprint density at radius 1 is 0.879 bits per heavy atom. The zero-order chi connectivity index (χ0) is 24.3. The molecule has 1 aromatic carbocycles. The van der Waals surface area contributed by atoms with E-state index in [2.05, 4.69) is 18.9 Å². The highest BCUT2D eigenvalue weighted by Crippen LogP contribution is 2.30. The minimum atomic E-state index is -5.85. The maximum atomic E-state index is 12.7. The standard InChI is InChI=1S/C20H14F6N2O4S/c21-19(22,23)12-31-18-9-8-14(11-27-18)16-6-3-5-15(28-16)10-13-4-1-2-7-17(13)32-33(29,30)20(24,25)26/h1-9,11H,10,12H2. The summed E-state index contributed by atoms with van der Waals surface area (Å²) in [5.41, 5.74) is -4.25. The van der Waals surface area contributed by atoms with Gasteiger partial charge in [0.15, 0.2) is 6.61 Å². The minimum absolute atomic E-state index is 0.0579. The van der Waals surface area contributed by atoms with Crippen molar-refractivity contribution in [1.29, 1.82) is 0 Å². The van der Waals surface area contributed by atoms with Gasteiger partial charge in [-0.1, -0.05) is 24.3 Å². The molecule has 3 aromatic rings. The van der Waals surface area contributed by atoms with Gasteiger partial charge in [-0.3, -0.25) is 4.98 Å². The third-order valence-corrected chi connectivity index (χ3v) is 5.02. The molecule has 0 saturated heterocycles. The van der Waals surface area contributed by atoms with Crippen LogP contribution in [0.4, 0.5) is 26.3 Å². The summed E-state index contributed by atoms with van der Waals surface area (Å²) in [7, 11) is -5.85. The minimum Gasteiger partial charge on any atom is -0.468 e. The van der Waals surface area contributed by atoms with Crippen molar-refractivity contribution in [2.45, 2.75) is 18.1 Å². The Morgan fingerprint density at radius 2 is 1.61 bits per heavy atom. The van der Waals surface area contributed by atoms with Gasteiger partial charge >= 0.3 is 21.8 Å². The van der Waals surface area contributed by atoms with Crippen LogP contribution >= 0.6 is 0 Å². The molecule has 2 aromatic heterocycles. The van der Waals surface area contributed by atoms with Crippen molar-refractivity contribution in [3.8, 4) is 22.9 Å². The molecule has 0 bridgehead atoms. The molecule has 3 rings (SSSR count). The number of ether oxygens (including phenoxy) is 1. The number of rotatable bonds is 7. The predicted molar refractivity (Wildman–Crippen MR) is 104 cm³/mol. The Bertz CT molecular complexity index is 1210. The van der Waals surface area contributed by atoms with E-state index in [9.17, 15) is 34.8 Å². The first kappa shape index (κ1) is 24.3. The van der Waals surface area contributed by atoms with Gasteiger partial charge in [0.05, 0.1) is 5.69 Å². The average molecular weight is 492 g/mol. The lowest BCUT2D eigenvalue weighted by atomic mass is 10.1. The molecule has 0 aliphatic heterocycles. The summed E-state index contributed by atoms with van der Waals surface area (Å²) in [5.74, 6) is -0.723. The Morgan fingerprint density at radius 3 is 2.24 bits per heavy atom. The lowest BCUT2D eigenvalue weighted by Crippen LogP contribution is -2.28. The van der Waals surface area contributed by atoms with Gasteiger partial charge in [-0.15, -0.1) is 0 Å². The SMILES string of the molecule is O=S(=O)(Oc1ccccc1Cc1cccc(-c2ccc(OCC(F)(F)F)nc2)n1)C(F)(F)F. The fourth-order valence-electron chi connectivity index (χ4n) is 2.60. The number of nitrogens with zero attached hydrogens (tertiary/aromatic N) is 2. The third kappa shape index (κ3) is 6.57. The molecular weight excluding hydrogens is 478 g/mol. The first-order valence-corrected chi connectivity index (χ1v) is 10.5. The Labute approximate surface area is 183 Å². The van der Waals surface area contributed by atoms with Crippen molar-refractivity contribution in [2.24, 2.45) is 0 Å². The van der Waals surface area contributed by atoms with Gasteiger partial charge < -0.3 is 8.92 Å². The first-order valence-electron chi connectivity index (χ1n) is 9.05. The first-order chi connectivity index (χ1) is 15.3. The molecule has 176 valence electrons. The van der Waals surface area contributed by atoms with E-state index >= 15 is 0 Å². The maximum absolute atomic E-state index is 12.7. The number of benzene rings is 1. The van der Waals surface area contributed by atoms with E-state index in [1.165, 1.54) is 36.5 Å². The number of pyridine rings is 2. The van der Waals surface area contributed by atoms with Crippen LogP contribution in [-0.2, 0) is 16.5 Å². The van der Waals surface area contributed by atoms with Crippen molar-refractivity contribution >= 4 is 10.1 Å². The molecule has 0 atom stereocenters. The molecule has 2 heterocycles. The zero-order valence-electron chi connectivity index (χ0n) is 16.4. The normalized spacial score (nSPS) is 12.4. The summed E-state index contributed by atoms with van der Waals surface area (Å²) in [6.07, 6.45) is -3.31. The van der Waals surface area contributed by atoms with Crippen LogP contribution in [0.3, 0.4) is 0 Å². The zero-order valence-corrected chi connectivity index (χ0v) is 17.2. The summed E-state index contributed by atoms with van der Waals surface area (Å²) >= 11 is 0. The molecule has 0 N–H and O–H groups in total. The molecule has 0 saturated carbocycles. The molecule has 13 heteroatoms. The van der Waals surface area contributed by atoms with Crippen molar-refractivity contribution in [3.63, 3.8) is 0 Å². The molecule has 6 nitrogen and oxygen atoms in total. The van der Waals surface area contributed by atoms with E-state index < -0.39 is 34.2 Å². The molecule has 0 radical (unpaired) electrons. The summed E-state index contributed by atoms with van der Waals surface area (Å²) in [6.45, 7) is -1.49. The molecule has 0 aliphatic rings. The highest BCUT2D eigenvalue weighted by molar-refractivity contribution is 7.88. The van der Waals surface area contributed by atoms with Gasteiger partial charge in [0.2, 0.25) is 5.88 Å². The lowest BCUT2D eigenvalue weighted by Gasteiger charge is -2.13. The lowest BCUT2D eigenvalue weighted by molar-refractivity contribution is -0.154. The van der Waals surface area contributed by atoms with Crippen LogP contribution in [0, 0.1) is 0 Å². The Balaban J connectivity index is 1.79. The highest BCUT2D eigenvalue weighted by Gasteiger charge is 2.48. The predicted octanol–water partition coefficient (Wildman–Crippen LogP) is 4.90. The van der Waals surface area contributed by atoms with Gasteiger partial charge in [0.25, 0.3) is 0 Å². The van der Waals surface area contributed by atoms with E-state index in [-0.39, 0.29) is 17.9 Å². The van der Waals surface area contributed by atoms with Gasteiger partial charge in [0.1, 0.15) is 5.75 Å².